The Kier molecular flexibility index (Phi) is 5.31. The van der Waals surface area contributed by atoms with Crippen molar-refractivity contribution in [2.75, 3.05) is 6.54 Å². The molecular weight excluding hydrogens is 330 g/mol. The average molecular weight is 351 g/mol. The van der Waals surface area contributed by atoms with Crippen LogP contribution in [0.5, 0.6) is 0 Å². The van der Waals surface area contributed by atoms with Crippen LogP contribution in [0.3, 0.4) is 0 Å². The molecule has 1 heterocycles. The summed E-state index contributed by atoms with van der Waals surface area (Å²) in [4.78, 5) is 24.5. The van der Waals surface area contributed by atoms with E-state index in [0.29, 0.717) is 11.9 Å². The molecule has 26 heavy (non-hydrogen) atoms. The zero-order valence-electron chi connectivity index (χ0n) is 14.7. The third-order valence-electron chi connectivity index (χ3n) is 4.27. The molecule has 0 bridgehead atoms. The van der Waals surface area contributed by atoms with E-state index in [-0.39, 0.29) is 17.5 Å². The van der Waals surface area contributed by atoms with Gasteiger partial charge in [0.25, 0.3) is 5.91 Å². The van der Waals surface area contributed by atoms with Crippen LogP contribution in [0.15, 0.2) is 54.6 Å². The first-order valence-electron chi connectivity index (χ1n) is 8.53. The van der Waals surface area contributed by atoms with Crippen molar-refractivity contribution < 1.29 is 14.3 Å². The van der Waals surface area contributed by atoms with Gasteiger partial charge in [0.1, 0.15) is 0 Å². The Balaban J connectivity index is 1.56. The third-order valence-corrected chi connectivity index (χ3v) is 4.27. The van der Waals surface area contributed by atoms with Crippen LogP contribution in [0, 0.1) is 0 Å². The van der Waals surface area contributed by atoms with Crippen molar-refractivity contribution in [3.8, 4) is 0 Å². The Morgan fingerprint density at radius 3 is 2.54 bits per heavy atom. The quantitative estimate of drug-likeness (QED) is 0.669. The van der Waals surface area contributed by atoms with Gasteiger partial charge in [0.15, 0.2) is 11.8 Å². The van der Waals surface area contributed by atoms with Crippen LogP contribution in [0.1, 0.15) is 35.8 Å². The van der Waals surface area contributed by atoms with Gasteiger partial charge in [0, 0.05) is 11.9 Å². The SMILES string of the molecule is C[C@H](CNC(=O)[C@@H](C)OC(=O)c1n[nH]c2ccccc12)c1ccccc1. The second-order valence-corrected chi connectivity index (χ2v) is 6.22. The van der Waals surface area contributed by atoms with Crippen LogP contribution >= 0.6 is 0 Å². The van der Waals surface area contributed by atoms with Gasteiger partial charge in [-0.1, -0.05) is 55.5 Å². The molecule has 0 saturated carbocycles. The van der Waals surface area contributed by atoms with E-state index in [1.54, 1.807) is 13.0 Å². The largest absolute Gasteiger partial charge is 0.448 e. The van der Waals surface area contributed by atoms with E-state index in [0.717, 1.165) is 11.1 Å². The minimum Gasteiger partial charge on any atom is -0.448 e. The molecule has 0 aliphatic heterocycles. The molecule has 0 spiro atoms. The molecule has 6 heteroatoms. The number of ether oxygens (including phenoxy) is 1. The molecule has 6 nitrogen and oxygen atoms in total. The van der Waals surface area contributed by atoms with Crippen LogP contribution in [0.25, 0.3) is 10.9 Å². The lowest BCUT2D eigenvalue weighted by Crippen LogP contribution is -2.37. The number of hydrogen-bond acceptors (Lipinski definition) is 4. The molecule has 0 radical (unpaired) electrons. The maximum atomic E-state index is 12.3. The zero-order chi connectivity index (χ0) is 18.5. The second-order valence-electron chi connectivity index (χ2n) is 6.22. The van der Waals surface area contributed by atoms with Crippen LogP contribution in [0.4, 0.5) is 0 Å². The number of hydrogen-bond donors (Lipinski definition) is 2. The fourth-order valence-corrected chi connectivity index (χ4v) is 2.69. The number of H-pyrrole nitrogens is 1. The molecule has 0 saturated heterocycles. The Morgan fingerprint density at radius 2 is 1.77 bits per heavy atom. The van der Waals surface area contributed by atoms with Gasteiger partial charge < -0.3 is 10.1 Å². The van der Waals surface area contributed by atoms with Gasteiger partial charge in [0.2, 0.25) is 0 Å². The minimum absolute atomic E-state index is 0.165. The lowest BCUT2D eigenvalue weighted by atomic mass is 10.0. The zero-order valence-corrected chi connectivity index (χ0v) is 14.7. The number of nitrogens with one attached hydrogen (secondary N) is 2. The summed E-state index contributed by atoms with van der Waals surface area (Å²) in [7, 11) is 0. The molecule has 2 aromatic carbocycles. The average Bonchev–Trinajstić information content (AvgIpc) is 3.10. The van der Waals surface area contributed by atoms with Crippen LogP contribution < -0.4 is 5.32 Å². The first kappa shape index (κ1) is 17.7. The normalized spacial score (nSPS) is 13.2. The summed E-state index contributed by atoms with van der Waals surface area (Å²) in [5, 5.41) is 10.3. The van der Waals surface area contributed by atoms with Gasteiger partial charge in [0.05, 0.1) is 5.52 Å². The lowest BCUT2D eigenvalue weighted by molar-refractivity contribution is -0.129. The fourth-order valence-electron chi connectivity index (χ4n) is 2.69. The second kappa shape index (κ2) is 7.82. The number of esters is 1. The van der Waals surface area contributed by atoms with Gasteiger partial charge in [-0.2, -0.15) is 5.10 Å². The standard InChI is InChI=1S/C20H21N3O3/c1-13(15-8-4-3-5-9-15)12-21-19(24)14(2)26-20(25)18-16-10-6-7-11-17(16)22-23-18/h3-11,13-14H,12H2,1-2H3,(H,21,24)(H,22,23)/t13-,14-/m1/s1. The number of fused-ring (bicyclic) bond motifs is 1. The summed E-state index contributed by atoms with van der Waals surface area (Å²) in [6, 6.07) is 17.2. The Bertz CT molecular complexity index is 905. The maximum absolute atomic E-state index is 12.3. The van der Waals surface area contributed by atoms with Crippen LogP contribution in [0.2, 0.25) is 0 Å². The molecule has 0 aliphatic rings. The van der Waals surface area contributed by atoms with Crippen LogP contribution in [-0.2, 0) is 9.53 Å². The topological polar surface area (TPSA) is 84.1 Å². The maximum Gasteiger partial charge on any atom is 0.360 e. The van der Waals surface area contributed by atoms with Crippen molar-refractivity contribution in [2.24, 2.45) is 0 Å². The highest BCUT2D eigenvalue weighted by atomic mass is 16.5. The number of rotatable bonds is 6. The van der Waals surface area contributed by atoms with Crippen molar-refractivity contribution >= 4 is 22.8 Å². The molecule has 2 N–H and O–H groups in total. The lowest BCUT2D eigenvalue weighted by Gasteiger charge is -2.16. The van der Waals surface area contributed by atoms with Gasteiger partial charge in [-0.15, -0.1) is 0 Å². The fraction of sp³-hybridized carbons (Fsp3) is 0.250. The van der Waals surface area contributed by atoms with Crippen molar-refractivity contribution in [2.45, 2.75) is 25.9 Å². The van der Waals surface area contributed by atoms with Gasteiger partial charge in [-0.25, -0.2) is 4.79 Å². The van der Waals surface area contributed by atoms with E-state index in [1.165, 1.54) is 0 Å². The molecular formula is C20H21N3O3. The Hall–Kier alpha value is -3.15. The summed E-state index contributed by atoms with van der Waals surface area (Å²) < 4.78 is 5.27. The van der Waals surface area contributed by atoms with E-state index in [4.69, 9.17) is 4.74 Å². The smallest absolute Gasteiger partial charge is 0.360 e. The summed E-state index contributed by atoms with van der Waals surface area (Å²) in [5.74, 6) is -0.791. The summed E-state index contributed by atoms with van der Waals surface area (Å²) in [6.45, 7) is 4.05. The Morgan fingerprint density at radius 1 is 1.08 bits per heavy atom. The molecule has 0 unspecified atom stereocenters. The van der Waals surface area contributed by atoms with E-state index in [1.807, 2.05) is 55.5 Å². The highest BCUT2D eigenvalue weighted by Gasteiger charge is 2.22. The summed E-state index contributed by atoms with van der Waals surface area (Å²) in [6.07, 6.45) is -0.902. The van der Waals surface area contributed by atoms with Crippen molar-refractivity contribution in [3.63, 3.8) is 0 Å². The van der Waals surface area contributed by atoms with Gasteiger partial charge in [-0.3, -0.25) is 9.89 Å². The molecule has 2 atom stereocenters. The summed E-state index contributed by atoms with van der Waals surface area (Å²) >= 11 is 0. The number of amides is 1. The summed E-state index contributed by atoms with van der Waals surface area (Å²) in [5.41, 5.74) is 2.06. The number of aromatic nitrogens is 2. The van der Waals surface area contributed by atoms with Gasteiger partial charge in [-0.05, 0) is 24.5 Å². The number of carbonyl (C=O) groups excluding carboxylic acids is 2. The molecule has 1 aromatic heterocycles. The van der Waals surface area contributed by atoms with E-state index < -0.39 is 12.1 Å². The number of para-hydroxylation sites is 1. The number of benzene rings is 2. The molecule has 0 fully saturated rings. The van der Waals surface area contributed by atoms with Crippen molar-refractivity contribution in [1.82, 2.24) is 15.5 Å². The first-order valence-corrected chi connectivity index (χ1v) is 8.53. The van der Waals surface area contributed by atoms with Gasteiger partial charge >= 0.3 is 5.97 Å². The van der Waals surface area contributed by atoms with Crippen molar-refractivity contribution in [1.29, 1.82) is 0 Å². The minimum atomic E-state index is -0.902. The van der Waals surface area contributed by atoms with E-state index in [9.17, 15) is 9.59 Å². The van der Waals surface area contributed by atoms with Crippen LogP contribution in [-0.4, -0.2) is 34.7 Å². The molecule has 3 rings (SSSR count). The number of aromatic amines is 1. The van der Waals surface area contributed by atoms with E-state index in [2.05, 4.69) is 15.5 Å². The first-order chi connectivity index (χ1) is 12.6. The monoisotopic (exact) mass is 351 g/mol. The molecule has 1 amide bonds. The van der Waals surface area contributed by atoms with E-state index >= 15 is 0 Å². The number of carbonyl (C=O) groups is 2. The highest BCUT2D eigenvalue weighted by molar-refractivity contribution is 6.02. The number of nitrogens with zero attached hydrogens (tertiary/aromatic N) is 1. The predicted octanol–water partition coefficient (Wildman–Crippen LogP) is 3.03. The van der Waals surface area contributed by atoms with Crippen molar-refractivity contribution in [3.05, 3.63) is 65.9 Å². The third kappa shape index (κ3) is 3.91. The highest BCUT2D eigenvalue weighted by Crippen LogP contribution is 2.17. The molecule has 3 aromatic rings. The predicted molar refractivity (Wildman–Crippen MR) is 98.8 cm³/mol. The molecule has 134 valence electrons. The Labute approximate surface area is 151 Å². The molecule has 0 aliphatic carbocycles.